The van der Waals surface area contributed by atoms with Gasteiger partial charge in [-0.1, -0.05) is 56.4 Å². The van der Waals surface area contributed by atoms with E-state index in [1.54, 1.807) is 12.1 Å². The second-order valence-electron chi connectivity index (χ2n) is 7.14. The number of rotatable bonds is 9. The van der Waals surface area contributed by atoms with Crippen molar-refractivity contribution in [3.05, 3.63) is 82.9 Å². The smallest absolute Gasteiger partial charge is 0.371 e. The normalized spacial score (nSPS) is 12.2. The van der Waals surface area contributed by atoms with Crippen molar-refractivity contribution < 1.29 is 13.2 Å². The van der Waals surface area contributed by atoms with Gasteiger partial charge in [0.2, 0.25) is 0 Å². The minimum atomic E-state index is -4.30. The molecule has 0 saturated carbocycles. The van der Waals surface area contributed by atoms with E-state index in [1.165, 1.54) is 5.69 Å². The highest BCUT2D eigenvalue weighted by atomic mass is 19.4. The van der Waals surface area contributed by atoms with Gasteiger partial charge < -0.3 is 4.90 Å². The van der Waals surface area contributed by atoms with Gasteiger partial charge in [-0.15, -0.1) is 0 Å². The first kappa shape index (κ1) is 22.8. The van der Waals surface area contributed by atoms with Gasteiger partial charge in [0.25, 0.3) is 0 Å². The van der Waals surface area contributed by atoms with Gasteiger partial charge in [-0.2, -0.15) is 13.2 Å². The molecule has 2 aromatic rings. The molecule has 0 heterocycles. The SMILES string of the molecule is C/C=C\C=C\c1cc(Cc2ccc(C(F)(F)F)cc2)ccc1N(CCC)CCC. The molecule has 0 atom stereocenters. The topological polar surface area (TPSA) is 3.24 Å². The molecular formula is C25H30F3N. The largest absolute Gasteiger partial charge is 0.416 e. The van der Waals surface area contributed by atoms with E-state index in [4.69, 9.17) is 0 Å². The van der Waals surface area contributed by atoms with Gasteiger partial charge in [0.1, 0.15) is 0 Å². The van der Waals surface area contributed by atoms with E-state index >= 15 is 0 Å². The predicted octanol–water partition coefficient (Wildman–Crippen LogP) is 7.51. The summed E-state index contributed by atoms with van der Waals surface area (Å²) in [5.74, 6) is 0. The van der Waals surface area contributed by atoms with Crippen LogP contribution in [0.15, 0.2) is 60.7 Å². The van der Waals surface area contributed by atoms with Crippen molar-refractivity contribution in [3.63, 3.8) is 0 Å². The van der Waals surface area contributed by atoms with Crippen LogP contribution in [0.2, 0.25) is 0 Å². The molecule has 0 spiro atoms. The van der Waals surface area contributed by atoms with Gasteiger partial charge in [-0.3, -0.25) is 0 Å². The summed E-state index contributed by atoms with van der Waals surface area (Å²) in [5.41, 5.74) is 3.68. The van der Waals surface area contributed by atoms with Gasteiger partial charge in [0, 0.05) is 18.8 Å². The first-order valence-corrected chi connectivity index (χ1v) is 10.2. The summed E-state index contributed by atoms with van der Waals surface area (Å²) < 4.78 is 38.3. The lowest BCUT2D eigenvalue weighted by atomic mass is 9.99. The predicted molar refractivity (Wildman–Crippen MR) is 117 cm³/mol. The summed E-state index contributed by atoms with van der Waals surface area (Å²) in [7, 11) is 0. The summed E-state index contributed by atoms with van der Waals surface area (Å²) in [6, 6.07) is 11.8. The van der Waals surface area contributed by atoms with E-state index in [2.05, 4.69) is 43.0 Å². The number of allylic oxidation sites excluding steroid dienone is 3. The number of halogens is 3. The van der Waals surface area contributed by atoms with Crippen LogP contribution in [0.4, 0.5) is 18.9 Å². The van der Waals surface area contributed by atoms with Crippen molar-refractivity contribution in [2.24, 2.45) is 0 Å². The third-order valence-electron chi connectivity index (χ3n) is 4.69. The lowest BCUT2D eigenvalue weighted by Gasteiger charge is -2.26. The van der Waals surface area contributed by atoms with Crippen molar-refractivity contribution in [2.75, 3.05) is 18.0 Å². The third kappa shape index (κ3) is 6.81. The zero-order chi connectivity index (χ0) is 21.3. The number of nitrogens with zero attached hydrogens (tertiary/aromatic N) is 1. The van der Waals surface area contributed by atoms with E-state index in [9.17, 15) is 13.2 Å². The molecule has 0 bridgehead atoms. The molecule has 0 aliphatic carbocycles. The van der Waals surface area contributed by atoms with Crippen LogP contribution in [0.5, 0.6) is 0 Å². The molecule has 29 heavy (non-hydrogen) atoms. The van der Waals surface area contributed by atoms with Crippen molar-refractivity contribution in [2.45, 2.75) is 46.2 Å². The molecule has 0 aliphatic rings. The van der Waals surface area contributed by atoms with E-state index in [0.29, 0.717) is 6.42 Å². The molecule has 0 aromatic heterocycles. The zero-order valence-corrected chi connectivity index (χ0v) is 17.5. The van der Waals surface area contributed by atoms with Crippen LogP contribution < -0.4 is 4.90 Å². The fourth-order valence-corrected chi connectivity index (χ4v) is 3.35. The Morgan fingerprint density at radius 2 is 1.48 bits per heavy atom. The van der Waals surface area contributed by atoms with E-state index < -0.39 is 11.7 Å². The van der Waals surface area contributed by atoms with Crippen molar-refractivity contribution in [1.29, 1.82) is 0 Å². The molecule has 156 valence electrons. The van der Waals surface area contributed by atoms with E-state index in [0.717, 1.165) is 54.8 Å². The maximum atomic E-state index is 12.8. The third-order valence-corrected chi connectivity index (χ3v) is 4.69. The number of hydrogen-bond acceptors (Lipinski definition) is 1. The molecule has 2 aromatic carbocycles. The standard InChI is InChI=1S/C25H30F3N/c1-4-7-8-9-22-19-21(12-15-24(22)29(16-5-2)17-6-3)18-20-10-13-23(14-11-20)25(26,27)28/h4,7-15,19H,5-6,16-18H2,1-3H3/b7-4-,9-8+. The molecular weight excluding hydrogens is 371 g/mol. The highest BCUT2D eigenvalue weighted by Gasteiger charge is 2.29. The van der Waals surface area contributed by atoms with E-state index in [1.807, 2.05) is 25.2 Å². The monoisotopic (exact) mass is 401 g/mol. The summed E-state index contributed by atoms with van der Waals surface area (Å²) in [5, 5.41) is 0. The molecule has 1 nitrogen and oxygen atoms in total. The van der Waals surface area contributed by atoms with Crippen LogP contribution in [0, 0.1) is 0 Å². The maximum absolute atomic E-state index is 12.8. The number of hydrogen-bond donors (Lipinski definition) is 0. The number of benzene rings is 2. The Balaban J connectivity index is 2.32. The molecule has 0 unspecified atom stereocenters. The molecule has 4 heteroatoms. The molecule has 0 amide bonds. The van der Waals surface area contributed by atoms with Gasteiger partial charge in [-0.25, -0.2) is 0 Å². The number of alkyl halides is 3. The van der Waals surface area contributed by atoms with Crippen LogP contribution in [-0.4, -0.2) is 13.1 Å². The Morgan fingerprint density at radius 1 is 0.862 bits per heavy atom. The number of anilines is 1. The Hall–Kier alpha value is -2.49. The van der Waals surface area contributed by atoms with Crippen LogP contribution in [0.1, 0.15) is 55.9 Å². The Labute approximate surface area is 172 Å². The zero-order valence-electron chi connectivity index (χ0n) is 17.5. The van der Waals surface area contributed by atoms with Crippen LogP contribution in [0.3, 0.4) is 0 Å². The minimum Gasteiger partial charge on any atom is -0.371 e. The van der Waals surface area contributed by atoms with Crippen molar-refractivity contribution >= 4 is 11.8 Å². The van der Waals surface area contributed by atoms with Gasteiger partial charge >= 0.3 is 6.18 Å². The van der Waals surface area contributed by atoms with Gasteiger partial charge in [0.15, 0.2) is 0 Å². The average Bonchev–Trinajstić information content (AvgIpc) is 2.68. The first-order valence-electron chi connectivity index (χ1n) is 10.2. The average molecular weight is 402 g/mol. The highest BCUT2D eigenvalue weighted by molar-refractivity contribution is 5.69. The van der Waals surface area contributed by atoms with Crippen LogP contribution in [-0.2, 0) is 12.6 Å². The summed E-state index contributed by atoms with van der Waals surface area (Å²) in [6.45, 7) is 8.33. The van der Waals surface area contributed by atoms with Crippen molar-refractivity contribution in [1.82, 2.24) is 0 Å². The van der Waals surface area contributed by atoms with Gasteiger partial charge in [0.05, 0.1) is 5.56 Å². The summed E-state index contributed by atoms with van der Waals surface area (Å²) >= 11 is 0. The Morgan fingerprint density at radius 3 is 2.03 bits per heavy atom. The summed E-state index contributed by atoms with van der Waals surface area (Å²) in [6.07, 6.45) is 6.56. The molecule has 2 rings (SSSR count). The van der Waals surface area contributed by atoms with E-state index in [-0.39, 0.29) is 0 Å². The fourth-order valence-electron chi connectivity index (χ4n) is 3.35. The van der Waals surface area contributed by atoms with Crippen LogP contribution in [0.25, 0.3) is 6.08 Å². The lowest BCUT2D eigenvalue weighted by Crippen LogP contribution is -2.25. The first-order chi connectivity index (χ1) is 13.9. The summed E-state index contributed by atoms with van der Waals surface area (Å²) in [4.78, 5) is 2.40. The molecule has 0 fully saturated rings. The lowest BCUT2D eigenvalue weighted by molar-refractivity contribution is -0.137. The molecule has 0 aliphatic heterocycles. The minimum absolute atomic E-state index is 0.602. The maximum Gasteiger partial charge on any atom is 0.416 e. The Kier molecular flexibility index (Phi) is 8.56. The Bertz CT molecular complexity index is 811. The molecule has 0 radical (unpaired) electrons. The second kappa shape index (κ2) is 10.9. The molecule has 0 N–H and O–H groups in total. The van der Waals surface area contributed by atoms with Crippen molar-refractivity contribution in [3.8, 4) is 0 Å². The van der Waals surface area contributed by atoms with Gasteiger partial charge in [-0.05, 0) is 67.1 Å². The second-order valence-corrected chi connectivity index (χ2v) is 7.14. The van der Waals surface area contributed by atoms with Crippen LogP contribution >= 0.6 is 0 Å². The molecule has 0 saturated heterocycles. The fraction of sp³-hybridized carbons (Fsp3) is 0.360. The quantitative estimate of drug-likeness (QED) is 0.393. The highest BCUT2D eigenvalue weighted by Crippen LogP contribution is 2.30.